The van der Waals surface area contributed by atoms with Crippen LogP contribution in [0.1, 0.15) is 52.7 Å². The molecule has 0 saturated heterocycles. The maximum atomic E-state index is 12.3. The van der Waals surface area contributed by atoms with Gasteiger partial charge in [0.05, 0.1) is 3.98 Å². The molecular weight excluding hydrogens is 454 g/mol. The molecule has 6 rings (SSSR count). The lowest BCUT2D eigenvalue weighted by Crippen LogP contribution is -2.17. The van der Waals surface area contributed by atoms with Crippen molar-refractivity contribution in [3.63, 3.8) is 0 Å². The Bertz CT molecular complexity index is 1510. The summed E-state index contributed by atoms with van der Waals surface area (Å²) in [5.41, 5.74) is 5.14. The van der Waals surface area contributed by atoms with E-state index in [2.05, 4.69) is 59.7 Å². The van der Waals surface area contributed by atoms with Gasteiger partial charge >= 0.3 is 15.8 Å². The van der Waals surface area contributed by atoms with Crippen molar-refractivity contribution in [2.24, 2.45) is 0 Å². The molecule has 7 heteroatoms. The molecule has 3 aromatic heterocycles. The maximum absolute atomic E-state index is 12.3. The van der Waals surface area contributed by atoms with Crippen molar-refractivity contribution < 1.29 is 21.5 Å². The van der Waals surface area contributed by atoms with Gasteiger partial charge in [0.15, 0.2) is 11.2 Å². The summed E-state index contributed by atoms with van der Waals surface area (Å²) in [7, 11) is -5.30. The Hall–Kier alpha value is -2.74. The summed E-state index contributed by atoms with van der Waals surface area (Å²) in [4.78, 5) is 0. The zero-order valence-electron chi connectivity index (χ0n) is 19.7. The van der Waals surface area contributed by atoms with Crippen LogP contribution in [0.3, 0.4) is 0 Å². The quantitative estimate of drug-likeness (QED) is 0.270. The van der Waals surface area contributed by atoms with Crippen molar-refractivity contribution in [1.29, 1.82) is 0 Å². The van der Waals surface area contributed by atoms with E-state index in [0.29, 0.717) is 11.2 Å². The van der Waals surface area contributed by atoms with Crippen molar-refractivity contribution in [3.8, 4) is 11.1 Å². The van der Waals surface area contributed by atoms with Crippen molar-refractivity contribution in [2.75, 3.05) is 0 Å². The van der Waals surface area contributed by atoms with Crippen LogP contribution in [0.5, 0.6) is 0 Å². The summed E-state index contributed by atoms with van der Waals surface area (Å²) >= 11 is 0. The largest absolute Gasteiger partial charge is 0.853 e. The fourth-order valence-electron chi connectivity index (χ4n) is 3.88. The molecule has 170 valence electrons. The van der Waals surface area contributed by atoms with E-state index in [1.54, 1.807) is 18.2 Å². The molecule has 0 spiro atoms. The monoisotopic (exact) mass is 482 g/mol. The van der Waals surface area contributed by atoms with Gasteiger partial charge in [0, 0.05) is 9.13 Å². The molecule has 0 aliphatic rings. The van der Waals surface area contributed by atoms with Gasteiger partial charge in [-0.05, 0) is 74.2 Å². The van der Waals surface area contributed by atoms with Crippen LogP contribution in [0, 0.1) is 0 Å². The third kappa shape index (κ3) is 5.11. The van der Waals surface area contributed by atoms with Crippen LogP contribution >= 0.6 is 15.8 Å². The minimum absolute atomic E-state index is 0.0177. The average molecular weight is 482 g/mol. The molecule has 6 aromatic rings. The normalized spacial score (nSPS) is 13.3. The molecule has 5 nitrogen and oxygen atoms in total. The van der Waals surface area contributed by atoms with Crippen LogP contribution in [-0.2, 0) is 20.0 Å². The van der Waals surface area contributed by atoms with Gasteiger partial charge < -0.3 is 0 Å². The molecule has 0 aliphatic carbocycles. The minimum atomic E-state index is -2.67. The van der Waals surface area contributed by atoms with Crippen LogP contribution in [0.4, 0.5) is 0 Å². The Morgan fingerprint density at radius 3 is 1.85 bits per heavy atom. The lowest BCUT2D eigenvalue weighted by atomic mass is 9.77. The smallest absolute Gasteiger partial charge is 0.220 e. The van der Waals surface area contributed by atoms with Crippen molar-refractivity contribution in [2.45, 2.75) is 52.4 Å². The predicted molar refractivity (Wildman–Crippen MR) is 134 cm³/mol. The van der Waals surface area contributed by atoms with Gasteiger partial charge in [0.1, 0.15) is 0 Å². The SMILES string of the molecule is CC(C)(C)c1ccc(-c2cc3ccc2c2ccc(cc2)o[p+](=O)o[p+](=O)o3)c(C(C)(C)C)c1. The van der Waals surface area contributed by atoms with Crippen LogP contribution in [0.2, 0.25) is 0 Å². The zero-order valence-corrected chi connectivity index (χ0v) is 21.5. The second-order valence-corrected chi connectivity index (χ2v) is 12.1. The van der Waals surface area contributed by atoms with Crippen LogP contribution in [0.15, 0.2) is 73.0 Å². The molecule has 3 heterocycles. The first-order chi connectivity index (χ1) is 15.4. The van der Waals surface area contributed by atoms with Gasteiger partial charge in [-0.1, -0.05) is 71.9 Å². The Morgan fingerprint density at radius 2 is 1.24 bits per heavy atom. The lowest BCUT2D eigenvalue weighted by molar-refractivity contribution is 0.489. The molecule has 0 aliphatic heterocycles. The Balaban J connectivity index is 2.17. The molecule has 3 aromatic carbocycles. The topological polar surface area (TPSA) is 73.6 Å². The van der Waals surface area contributed by atoms with Crippen molar-refractivity contribution >= 4 is 37.7 Å². The second kappa shape index (κ2) is 8.56. The summed E-state index contributed by atoms with van der Waals surface area (Å²) in [6.45, 7) is 13.2. The van der Waals surface area contributed by atoms with Crippen molar-refractivity contribution in [3.05, 3.63) is 71.8 Å². The van der Waals surface area contributed by atoms with E-state index < -0.39 is 15.8 Å². The number of benzene rings is 3. The van der Waals surface area contributed by atoms with E-state index in [9.17, 15) is 9.13 Å². The third-order valence-corrected chi connectivity index (χ3v) is 7.42. The van der Waals surface area contributed by atoms with Crippen LogP contribution in [-0.4, -0.2) is 0 Å². The predicted octanol–water partition coefficient (Wildman–Crippen LogP) is 9.64. The first-order valence-electron chi connectivity index (χ1n) is 10.8. The first kappa shape index (κ1) is 23.4. The van der Waals surface area contributed by atoms with E-state index in [1.165, 1.54) is 11.1 Å². The van der Waals surface area contributed by atoms with Gasteiger partial charge in [0.2, 0.25) is 0 Å². The highest BCUT2D eigenvalue weighted by atomic mass is 31.1. The summed E-state index contributed by atoms with van der Waals surface area (Å²) in [5, 5.41) is 1.98. The molecule has 0 amide bonds. The zero-order chi connectivity index (χ0) is 24.0. The van der Waals surface area contributed by atoms with E-state index in [4.69, 9.17) is 12.4 Å². The van der Waals surface area contributed by atoms with Gasteiger partial charge in [-0.3, -0.25) is 0 Å². The molecular formula is C26H28O5P2+2. The number of fused-ring (bicyclic) bond motifs is 2. The molecule has 0 saturated carbocycles. The second-order valence-electron chi connectivity index (χ2n) is 10.2. The van der Waals surface area contributed by atoms with Gasteiger partial charge in [-0.15, -0.1) is 0 Å². The third-order valence-electron chi connectivity index (χ3n) is 5.63. The fraction of sp³-hybridized carbons (Fsp3) is 0.308. The number of hydrogen-bond donors (Lipinski definition) is 0. The van der Waals surface area contributed by atoms with E-state index >= 15 is 0 Å². The van der Waals surface area contributed by atoms with E-state index in [1.807, 2.05) is 24.3 Å². The highest BCUT2D eigenvalue weighted by Crippen LogP contribution is 2.40. The average Bonchev–Trinajstić information content (AvgIpc) is 2.74. The van der Waals surface area contributed by atoms with Crippen LogP contribution in [0.25, 0.3) is 33.1 Å². The van der Waals surface area contributed by atoms with Gasteiger partial charge in [-0.25, -0.2) is 8.39 Å². The van der Waals surface area contributed by atoms with Gasteiger partial charge in [0.25, 0.3) is 0 Å². The number of hydrogen-bond acceptors (Lipinski definition) is 5. The molecule has 2 atom stereocenters. The summed E-state index contributed by atoms with van der Waals surface area (Å²) in [6, 6.07) is 19.5. The summed E-state index contributed by atoms with van der Waals surface area (Å²) in [5.74, 6) is 0. The molecule has 2 unspecified atom stereocenters. The molecule has 0 radical (unpaired) electrons. The Kier molecular flexibility index (Phi) is 6.07. The highest BCUT2D eigenvalue weighted by molar-refractivity contribution is 7.32. The van der Waals surface area contributed by atoms with E-state index in [-0.39, 0.29) is 10.8 Å². The van der Waals surface area contributed by atoms with Gasteiger partial charge in [-0.2, -0.15) is 0 Å². The highest BCUT2D eigenvalue weighted by Gasteiger charge is 2.24. The Labute approximate surface area is 194 Å². The van der Waals surface area contributed by atoms with Crippen molar-refractivity contribution in [1.82, 2.24) is 0 Å². The summed E-state index contributed by atoms with van der Waals surface area (Å²) < 4.78 is 40.0. The summed E-state index contributed by atoms with van der Waals surface area (Å²) in [6.07, 6.45) is 0. The number of rotatable bonds is 1. The Morgan fingerprint density at radius 1 is 0.636 bits per heavy atom. The van der Waals surface area contributed by atoms with E-state index in [0.717, 1.165) is 21.9 Å². The minimum Gasteiger partial charge on any atom is -0.220 e. The molecule has 0 N–H and O–H groups in total. The fourth-order valence-corrected chi connectivity index (χ4v) is 5.16. The molecule has 33 heavy (non-hydrogen) atoms. The van der Waals surface area contributed by atoms with Crippen LogP contribution < -0.4 is 0 Å². The first-order valence-corrected chi connectivity index (χ1v) is 13.0. The lowest BCUT2D eigenvalue weighted by Gasteiger charge is -2.28. The standard InChI is InChI=1S/C26H28O5P2/c1-25(2,3)18-9-13-22(24(15-18)26(4,5)6)23-16-20-12-14-21(23)17-7-10-19(11-8-17)29-32(27)31-33(28)30-20/h7-16H,1-6H3/q+2. The molecule has 0 fully saturated rings. The maximum Gasteiger partial charge on any atom is 0.853 e. The molecule has 4 bridgehead atoms.